The van der Waals surface area contributed by atoms with Gasteiger partial charge in [0.15, 0.2) is 11.5 Å². The Labute approximate surface area is 204 Å². The van der Waals surface area contributed by atoms with Crippen LogP contribution in [0.1, 0.15) is 55.9 Å². The molecule has 1 atom stereocenters. The van der Waals surface area contributed by atoms with Crippen LogP contribution in [0.25, 0.3) is 11.4 Å². The Morgan fingerprint density at radius 1 is 1.03 bits per heavy atom. The van der Waals surface area contributed by atoms with Crippen LogP contribution >= 0.6 is 0 Å². The molecule has 1 aliphatic rings. The third kappa shape index (κ3) is 5.18. The molecule has 9 nitrogen and oxygen atoms in total. The van der Waals surface area contributed by atoms with E-state index in [-0.39, 0.29) is 11.9 Å². The molecule has 186 valence electrons. The number of carbonyl (C=O) groups excluding carboxylic acids is 1. The Morgan fingerprint density at radius 3 is 2.29 bits per heavy atom. The third-order valence-corrected chi connectivity index (χ3v) is 5.74. The average Bonchev–Trinajstić information content (AvgIpc) is 3.56. The molecular formula is C26H31N3O6. The van der Waals surface area contributed by atoms with Crippen molar-refractivity contribution in [3.05, 3.63) is 47.9 Å². The van der Waals surface area contributed by atoms with Crippen LogP contribution in [0.4, 0.5) is 0 Å². The van der Waals surface area contributed by atoms with Gasteiger partial charge in [-0.25, -0.2) is 0 Å². The van der Waals surface area contributed by atoms with Crippen LogP contribution in [-0.4, -0.2) is 54.4 Å². The fourth-order valence-corrected chi connectivity index (χ4v) is 4.17. The summed E-state index contributed by atoms with van der Waals surface area (Å²) in [5.74, 6) is 2.97. The minimum Gasteiger partial charge on any atom is -0.497 e. The predicted octanol–water partition coefficient (Wildman–Crippen LogP) is 4.92. The van der Waals surface area contributed by atoms with Gasteiger partial charge in [0.25, 0.3) is 5.91 Å². The van der Waals surface area contributed by atoms with E-state index >= 15 is 0 Å². The van der Waals surface area contributed by atoms with Gasteiger partial charge in [0.2, 0.25) is 17.5 Å². The lowest BCUT2D eigenvalue weighted by Crippen LogP contribution is -2.30. The van der Waals surface area contributed by atoms with Crippen molar-refractivity contribution in [2.24, 2.45) is 0 Å². The van der Waals surface area contributed by atoms with Crippen molar-refractivity contribution in [1.82, 2.24) is 15.0 Å². The van der Waals surface area contributed by atoms with E-state index in [9.17, 15) is 4.79 Å². The molecule has 0 unspecified atom stereocenters. The maximum absolute atomic E-state index is 13.6. The van der Waals surface area contributed by atoms with E-state index in [4.69, 9.17) is 23.5 Å². The molecule has 1 fully saturated rings. The first-order valence-electron chi connectivity index (χ1n) is 11.9. The largest absolute Gasteiger partial charge is 0.497 e. The molecule has 4 rings (SSSR count). The first-order valence-corrected chi connectivity index (χ1v) is 11.9. The zero-order valence-corrected chi connectivity index (χ0v) is 20.6. The standard InChI is InChI=1S/C26H31N3O6/c1-5-32-21-15-18(16-22(33-6-2)23(21)34-7-3)26(30)29-14-8-9-20(29)25-27-24(28-35-25)17-10-12-19(31-4)13-11-17/h10-13,15-16,20H,5-9,14H2,1-4H3/t20-/m1/s1. The number of ether oxygens (including phenoxy) is 4. The molecule has 0 radical (unpaired) electrons. The van der Waals surface area contributed by atoms with Gasteiger partial charge >= 0.3 is 0 Å². The Balaban J connectivity index is 1.61. The number of aromatic nitrogens is 2. The molecule has 0 N–H and O–H groups in total. The minimum atomic E-state index is -0.306. The molecule has 1 aromatic heterocycles. The minimum absolute atomic E-state index is 0.151. The van der Waals surface area contributed by atoms with Gasteiger partial charge < -0.3 is 28.4 Å². The van der Waals surface area contributed by atoms with E-state index in [1.54, 1.807) is 24.1 Å². The maximum Gasteiger partial charge on any atom is 0.254 e. The molecule has 2 heterocycles. The quantitative estimate of drug-likeness (QED) is 0.403. The highest BCUT2D eigenvalue weighted by molar-refractivity contribution is 5.96. The van der Waals surface area contributed by atoms with E-state index in [0.29, 0.717) is 60.9 Å². The topological polar surface area (TPSA) is 96.2 Å². The smallest absolute Gasteiger partial charge is 0.254 e. The highest BCUT2D eigenvalue weighted by Crippen LogP contribution is 2.41. The van der Waals surface area contributed by atoms with Gasteiger partial charge in [-0.3, -0.25) is 4.79 Å². The summed E-state index contributed by atoms with van der Waals surface area (Å²) in [6, 6.07) is 10.5. The summed E-state index contributed by atoms with van der Waals surface area (Å²) in [5, 5.41) is 4.14. The number of methoxy groups -OCH3 is 1. The second kappa shape index (κ2) is 11.1. The van der Waals surface area contributed by atoms with Crippen LogP contribution in [-0.2, 0) is 0 Å². The van der Waals surface area contributed by atoms with Crippen molar-refractivity contribution in [1.29, 1.82) is 0 Å². The molecule has 0 spiro atoms. The highest BCUT2D eigenvalue weighted by Gasteiger charge is 2.35. The Bertz CT molecular complexity index is 1120. The van der Waals surface area contributed by atoms with Crippen LogP contribution in [0.2, 0.25) is 0 Å². The van der Waals surface area contributed by atoms with Gasteiger partial charge in [-0.2, -0.15) is 4.98 Å². The highest BCUT2D eigenvalue weighted by atomic mass is 16.5. The van der Waals surface area contributed by atoms with E-state index < -0.39 is 0 Å². The molecule has 0 saturated carbocycles. The lowest BCUT2D eigenvalue weighted by atomic mass is 10.1. The van der Waals surface area contributed by atoms with Crippen molar-refractivity contribution >= 4 is 5.91 Å². The van der Waals surface area contributed by atoms with Crippen molar-refractivity contribution in [3.63, 3.8) is 0 Å². The lowest BCUT2D eigenvalue weighted by Gasteiger charge is -2.23. The number of carbonyl (C=O) groups is 1. The SMILES string of the molecule is CCOc1cc(C(=O)N2CCC[C@@H]2c2nc(-c3ccc(OC)cc3)no2)cc(OCC)c1OCC. The summed E-state index contributed by atoms with van der Waals surface area (Å²) < 4.78 is 28.1. The second-order valence-electron chi connectivity index (χ2n) is 7.94. The van der Waals surface area contributed by atoms with Crippen LogP contribution < -0.4 is 18.9 Å². The van der Waals surface area contributed by atoms with Gasteiger partial charge in [-0.1, -0.05) is 5.16 Å². The molecule has 2 aromatic carbocycles. The first-order chi connectivity index (χ1) is 17.1. The third-order valence-electron chi connectivity index (χ3n) is 5.74. The summed E-state index contributed by atoms with van der Waals surface area (Å²) in [7, 11) is 1.62. The van der Waals surface area contributed by atoms with Gasteiger partial charge in [-0.15, -0.1) is 0 Å². The Morgan fingerprint density at radius 2 is 1.69 bits per heavy atom. The summed E-state index contributed by atoms with van der Waals surface area (Å²) in [6.45, 7) is 7.58. The van der Waals surface area contributed by atoms with E-state index in [1.807, 2.05) is 45.0 Å². The van der Waals surface area contributed by atoms with Crippen molar-refractivity contribution in [2.45, 2.75) is 39.7 Å². The number of amides is 1. The van der Waals surface area contributed by atoms with Crippen molar-refractivity contribution < 1.29 is 28.3 Å². The van der Waals surface area contributed by atoms with Gasteiger partial charge in [0.05, 0.1) is 26.9 Å². The summed E-state index contributed by atoms with van der Waals surface area (Å²) >= 11 is 0. The van der Waals surface area contributed by atoms with E-state index in [0.717, 1.165) is 24.2 Å². The normalized spacial score (nSPS) is 15.2. The molecule has 1 amide bonds. The average molecular weight is 482 g/mol. The number of nitrogens with zero attached hydrogens (tertiary/aromatic N) is 3. The lowest BCUT2D eigenvalue weighted by molar-refractivity contribution is 0.0709. The summed E-state index contributed by atoms with van der Waals surface area (Å²) in [4.78, 5) is 20.0. The van der Waals surface area contributed by atoms with E-state index in [1.165, 1.54) is 0 Å². The molecule has 1 saturated heterocycles. The van der Waals surface area contributed by atoms with Crippen molar-refractivity contribution in [2.75, 3.05) is 33.5 Å². The predicted molar refractivity (Wildman–Crippen MR) is 129 cm³/mol. The summed E-state index contributed by atoms with van der Waals surface area (Å²) in [5.41, 5.74) is 1.27. The fourth-order valence-electron chi connectivity index (χ4n) is 4.17. The van der Waals surface area contributed by atoms with Crippen LogP contribution in [0.3, 0.4) is 0 Å². The van der Waals surface area contributed by atoms with Crippen LogP contribution in [0.5, 0.6) is 23.0 Å². The van der Waals surface area contributed by atoms with Crippen molar-refractivity contribution in [3.8, 4) is 34.4 Å². The number of hydrogen-bond acceptors (Lipinski definition) is 8. The Hall–Kier alpha value is -3.75. The van der Waals surface area contributed by atoms with Gasteiger partial charge in [0, 0.05) is 17.7 Å². The van der Waals surface area contributed by atoms with Crippen LogP contribution in [0, 0.1) is 0 Å². The zero-order valence-electron chi connectivity index (χ0n) is 20.6. The number of hydrogen-bond donors (Lipinski definition) is 0. The molecular weight excluding hydrogens is 450 g/mol. The fraction of sp³-hybridized carbons (Fsp3) is 0.423. The summed E-state index contributed by atoms with van der Waals surface area (Å²) in [6.07, 6.45) is 1.58. The number of likely N-dealkylation sites (tertiary alicyclic amines) is 1. The molecule has 9 heteroatoms. The van der Waals surface area contributed by atoms with Crippen LogP contribution in [0.15, 0.2) is 40.9 Å². The van der Waals surface area contributed by atoms with Gasteiger partial charge in [0.1, 0.15) is 11.8 Å². The molecule has 0 bridgehead atoms. The molecule has 0 aliphatic carbocycles. The monoisotopic (exact) mass is 481 g/mol. The van der Waals surface area contributed by atoms with Gasteiger partial charge in [-0.05, 0) is 70.0 Å². The molecule has 3 aromatic rings. The number of rotatable bonds is 10. The zero-order chi connectivity index (χ0) is 24.8. The Kier molecular flexibility index (Phi) is 7.74. The molecule has 35 heavy (non-hydrogen) atoms. The van der Waals surface area contributed by atoms with E-state index in [2.05, 4.69) is 10.1 Å². The number of benzene rings is 2. The first kappa shape index (κ1) is 24.4. The maximum atomic E-state index is 13.6. The molecule has 1 aliphatic heterocycles. The second-order valence-corrected chi connectivity index (χ2v) is 7.94.